The molecule has 0 saturated carbocycles. The van der Waals surface area contributed by atoms with E-state index in [2.05, 4.69) is 58.5 Å². The number of phenols is 2. The number of unbranched alkanes of at least 4 members (excludes halogenated alkanes) is 2. The number of primary amides is 2. The second-order valence-corrected chi connectivity index (χ2v) is 32.6. The molecule has 1 aliphatic carbocycles. The van der Waals surface area contributed by atoms with Crippen LogP contribution in [0.3, 0.4) is 0 Å². The number of thioether (sulfide) groups is 1. The van der Waals surface area contributed by atoms with E-state index in [4.69, 9.17) is 47.0 Å². The summed E-state index contributed by atoms with van der Waals surface area (Å²) in [6, 6.07) is 19.8. The average Bonchev–Trinajstić information content (AvgIpc) is 0.745. The minimum absolute atomic E-state index is 0.0259. The number of hydrogen-bond donors (Lipinski definition) is 19. The Morgan fingerprint density at radius 3 is 1.65 bits per heavy atom. The Kier molecular flexibility index (Phi) is 31.6. The summed E-state index contributed by atoms with van der Waals surface area (Å²) >= 11 is 1.19. The van der Waals surface area contributed by atoms with Gasteiger partial charge in [-0.2, -0.15) is 26.7 Å². The third kappa shape index (κ3) is 25.0. The van der Waals surface area contributed by atoms with Crippen LogP contribution in [-0.4, -0.2) is 219 Å². The quantitative estimate of drug-likeness (QED) is 0.0236. The molecule has 12 rings (SSSR count). The number of carbonyl (C=O) groups excluding carboxylic acids is 12. The fourth-order valence-corrected chi connectivity index (χ4v) is 16.4. The van der Waals surface area contributed by atoms with Gasteiger partial charge in [0.15, 0.2) is 5.43 Å². The predicted octanol–water partition coefficient (Wildman–Crippen LogP) is 2.05. The number of aromatic carboxylic acids is 1. The maximum atomic E-state index is 14.4. The molecule has 0 bridgehead atoms. The van der Waals surface area contributed by atoms with Crippen molar-refractivity contribution in [2.75, 3.05) is 90.5 Å². The van der Waals surface area contributed by atoms with Crippen molar-refractivity contribution in [3.63, 3.8) is 0 Å². The lowest BCUT2D eigenvalue weighted by Crippen LogP contribution is -2.57. The zero-order chi connectivity index (χ0) is 92.1. The standard InChI is InChI=1S/C87H100N20O21S/c88-28-3-1-5-62-81(122)101-65(35-45-7-13-52(108)14-8-45)83(124)102-66(75(91)116)44-129-43-48-9-10-49(36-58(48)78(119)98-62)94-70(111)41-92-76(117)46-23-30-106(31-24-46)86-103-85(96-51-11-17-55(59(37-51)84(125)126)73-56-18-15-53(109)39-68(56)128-69-40-54(110)16-19-57(69)73)104-87(105-86)107-32-25-47(26-33-107)77(118)93-42-71(112)95-50-12-21-67-60(38-50)79(120)99-64(20-22-72(113)114)82(123)100-63(6-2-4-29-89)80(121)97-61(74(90)115)27-34-127-67/h7-19,21,36-40,46-47,61-66,108-109H,1-6,20,22-35,41-44,88-89H2,(H2,90,115)(H2,91,116)(H,92,117)(H,93,118)(H,94,111)(H,95,112)(H,97,121)(H,98,119)(H,99,120)(H,100,123)(H,101,122)(H,102,124)(H,113,114)(H,125,126)(H,96,103,104,105)/t61-,62-,63-,64-,65-,66-/m0/s1. The number of nitrogens with zero attached hydrogens (tertiary/aromatic N) is 5. The van der Waals surface area contributed by atoms with Crippen LogP contribution in [0.4, 0.5) is 34.9 Å². The van der Waals surface area contributed by atoms with Crippen LogP contribution in [-0.2, 0) is 64.9 Å². The molecule has 5 aromatic carbocycles. The number of aliphatic carboxylic acids is 1. The number of anilines is 6. The normalized spacial score (nSPS) is 18.7. The van der Waals surface area contributed by atoms with Crippen LogP contribution >= 0.6 is 11.8 Å². The summed E-state index contributed by atoms with van der Waals surface area (Å²) in [5.74, 6) is -12.4. The smallest absolute Gasteiger partial charge is 0.336 e. The lowest BCUT2D eigenvalue weighted by molar-refractivity contribution is -0.137. The maximum Gasteiger partial charge on any atom is 0.336 e. The highest BCUT2D eigenvalue weighted by molar-refractivity contribution is 7.98. The van der Waals surface area contributed by atoms with Crippen LogP contribution < -0.4 is 101 Å². The van der Waals surface area contributed by atoms with Crippen LogP contribution in [0.25, 0.3) is 33.4 Å². The van der Waals surface area contributed by atoms with Crippen LogP contribution in [0.2, 0.25) is 0 Å². The average molecular weight is 1790 g/mol. The van der Waals surface area contributed by atoms with Gasteiger partial charge in [-0.3, -0.25) is 67.1 Å². The first-order valence-corrected chi connectivity index (χ1v) is 43.1. The van der Waals surface area contributed by atoms with Gasteiger partial charge in [0.25, 0.3) is 11.8 Å². The Morgan fingerprint density at radius 1 is 0.519 bits per heavy atom. The number of carboxylic acids is 2. The van der Waals surface area contributed by atoms with Crippen molar-refractivity contribution in [2.24, 2.45) is 34.8 Å². The number of aromatic nitrogens is 3. The Bertz CT molecular complexity index is 5590. The van der Waals surface area contributed by atoms with Gasteiger partial charge in [0.1, 0.15) is 64.8 Å². The lowest BCUT2D eigenvalue weighted by atomic mass is 9.90. The van der Waals surface area contributed by atoms with Crippen LogP contribution in [0, 0.1) is 11.8 Å². The third-order valence-corrected chi connectivity index (χ3v) is 23.4. The molecule has 5 aliphatic heterocycles. The van der Waals surface area contributed by atoms with E-state index in [-0.39, 0.29) is 193 Å². The van der Waals surface area contributed by atoms with E-state index in [0.29, 0.717) is 59.9 Å². The fraction of sp³-hybridized carbons (Fsp3) is 0.379. The first kappa shape index (κ1) is 93.6. The molecule has 6 aliphatic rings. The van der Waals surface area contributed by atoms with Gasteiger partial charge in [0.05, 0.1) is 30.8 Å². The largest absolute Gasteiger partial charge is 0.508 e. The molecular formula is C87H100N20O21S. The molecule has 0 radical (unpaired) electrons. The van der Waals surface area contributed by atoms with Crippen molar-refractivity contribution in [1.29, 1.82) is 0 Å². The molecule has 6 atom stereocenters. The highest BCUT2D eigenvalue weighted by atomic mass is 32.2. The van der Waals surface area contributed by atoms with Crippen molar-refractivity contribution < 1.29 is 96.7 Å². The highest BCUT2D eigenvalue weighted by Gasteiger charge is 2.37. The van der Waals surface area contributed by atoms with E-state index in [0.717, 1.165) is 0 Å². The molecule has 0 unspecified atom stereocenters. The van der Waals surface area contributed by atoms with Crippen LogP contribution in [0.5, 0.6) is 17.2 Å². The number of piperidine rings is 2. The van der Waals surface area contributed by atoms with Gasteiger partial charge in [-0.05, 0) is 179 Å². The number of carbonyl (C=O) groups is 14. The Hall–Kier alpha value is -14.6. The third-order valence-electron chi connectivity index (χ3n) is 22.3. The molecule has 12 amide bonds. The number of benzene rings is 6. The molecule has 2 saturated heterocycles. The van der Waals surface area contributed by atoms with Gasteiger partial charge >= 0.3 is 11.9 Å². The first-order valence-electron chi connectivity index (χ1n) is 42.0. The number of hydrogen-bond acceptors (Lipinski definition) is 28. The van der Waals surface area contributed by atoms with E-state index in [1.165, 1.54) is 84.6 Å². The zero-order valence-electron chi connectivity index (χ0n) is 69.9. The molecule has 6 aromatic rings. The van der Waals surface area contributed by atoms with Crippen molar-refractivity contribution in [3.8, 4) is 39.7 Å². The molecular weight excluding hydrogens is 1690 g/mol. The van der Waals surface area contributed by atoms with Crippen molar-refractivity contribution >= 4 is 140 Å². The number of carboxylic acid groups (broad SMARTS) is 2. The van der Waals surface area contributed by atoms with Crippen molar-refractivity contribution in [1.82, 2.24) is 57.5 Å². The summed E-state index contributed by atoms with van der Waals surface area (Å²) in [4.78, 5) is 221. The SMILES string of the molecule is NCCCC[C@@H]1NC(=O)c2cc(NC(=O)CNC(=O)C3CCN(c4nc(Nc5ccc(-c6c7ccc(=O)cc-7oc7cc(O)ccc67)c(C(=O)O)c5)nc(N5CCC(C(=O)NCC(=O)Nc6ccc7c(c6)C(=O)N[C@@H](CCC(=O)O)C(=O)N[C@@H](CCCCN)C(=O)N[C@H](C(N)=O)CCO7)CC5)n4)CC3)ccc2CSC[C@@H](C(N)=O)NC(=O)[C@H](Cc2ccc(O)cc2)NC1=O. The van der Waals surface area contributed by atoms with Crippen LogP contribution in [0.15, 0.2) is 124 Å². The molecule has 1 aromatic heterocycles. The Labute approximate surface area is 741 Å². The zero-order valence-corrected chi connectivity index (χ0v) is 70.8. The molecule has 23 N–H and O–H groups in total. The molecule has 6 heterocycles. The number of aromatic hydroxyl groups is 2. The van der Waals surface area contributed by atoms with Gasteiger partial charge in [-0.15, -0.1) is 0 Å². The number of rotatable bonds is 29. The van der Waals surface area contributed by atoms with E-state index in [1.54, 1.807) is 42.5 Å². The summed E-state index contributed by atoms with van der Waals surface area (Å²) in [6.07, 6.45) is 1.64. The maximum absolute atomic E-state index is 14.4. The van der Waals surface area contributed by atoms with Crippen LogP contribution in [0.1, 0.15) is 126 Å². The monoisotopic (exact) mass is 1790 g/mol. The Morgan fingerprint density at radius 2 is 1.05 bits per heavy atom. The van der Waals surface area contributed by atoms with Crippen molar-refractivity contribution in [2.45, 2.75) is 132 Å². The minimum atomic E-state index is -1.51. The number of nitrogens with one attached hydrogen (secondary N) is 11. The summed E-state index contributed by atoms with van der Waals surface area (Å²) in [5.41, 5.74) is 24.8. The highest BCUT2D eigenvalue weighted by Crippen LogP contribution is 2.43. The van der Waals surface area contributed by atoms with Gasteiger partial charge in [0.2, 0.25) is 76.9 Å². The second kappa shape index (κ2) is 43.6. The van der Waals surface area contributed by atoms with Crippen molar-refractivity contribution in [3.05, 3.63) is 153 Å². The van der Waals surface area contributed by atoms with E-state index in [9.17, 15) is 92.3 Å². The molecule has 41 nitrogen and oxygen atoms in total. The van der Waals surface area contributed by atoms with Gasteiger partial charge < -0.3 is 121 Å². The second-order valence-electron chi connectivity index (χ2n) is 31.5. The number of fused-ring (bicyclic) bond motifs is 4. The molecule has 680 valence electrons. The molecule has 42 heteroatoms. The summed E-state index contributed by atoms with van der Waals surface area (Å²) in [6.45, 7) is 0.0439. The van der Waals surface area contributed by atoms with Gasteiger partial charge in [-0.25, -0.2) is 4.79 Å². The van der Waals surface area contributed by atoms with E-state index in [1.807, 2.05) is 9.80 Å². The number of phenolic OH excluding ortho intramolecular Hbond substituents is 2. The number of nitrogens with two attached hydrogens (primary N) is 4. The number of amides is 12. The van der Waals surface area contributed by atoms with Gasteiger partial charge in [-0.1, -0.05) is 24.3 Å². The minimum Gasteiger partial charge on any atom is -0.508 e. The predicted molar refractivity (Wildman–Crippen MR) is 472 cm³/mol. The fourth-order valence-electron chi connectivity index (χ4n) is 15.4. The molecule has 129 heavy (non-hydrogen) atoms. The van der Waals surface area contributed by atoms with E-state index >= 15 is 0 Å². The van der Waals surface area contributed by atoms with Gasteiger partial charge in [0, 0.05) is 120 Å². The molecule has 2 fully saturated rings. The topological polar surface area (TPSA) is 641 Å². The first-order chi connectivity index (χ1) is 61.9. The number of ether oxygens (including phenoxy) is 1. The lowest BCUT2D eigenvalue weighted by Gasteiger charge is -2.34. The Balaban J connectivity index is 0.723. The summed E-state index contributed by atoms with van der Waals surface area (Å²) in [5, 5.41) is 71.1. The molecule has 0 spiro atoms. The van der Waals surface area contributed by atoms with E-state index < -0.39 is 157 Å². The summed E-state index contributed by atoms with van der Waals surface area (Å²) in [7, 11) is 0. The summed E-state index contributed by atoms with van der Waals surface area (Å²) < 4.78 is 12.0.